The van der Waals surface area contributed by atoms with Crippen LogP contribution in [0, 0.1) is 0 Å². The SMILES string of the molecule is O=Cc1cccc(-c2nc3ccccc3o2)n1. The molecule has 0 spiro atoms. The maximum atomic E-state index is 10.6. The Hall–Kier alpha value is -2.49. The molecule has 0 aliphatic carbocycles. The first kappa shape index (κ1) is 9.72. The number of rotatable bonds is 2. The number of aromatic nitrogens is 2. The largest absolute Gasteiger partial charge is 0.435 e. The molecule has 0 aliphatic heterocycles. The average molecular weight is 224 g/mol. The van der Waals surface area contributed by atoms with Crippen LogP contribution in [0.4, 0.5) is 0 Å². The first-order valence-electron chi connectivity index (χ1n) is 5.15. The van der Waals surface area contributed by atoms with Crippen molar-refractivity contribution in [2.75, 3.05) is 0 Å². The third-order valence-corrected chi connectivity index (χ3v) is 2.40. The number of benzene rings is 1. The Balaban J connectivity index is 2.16. The van der Waals surface area contributed by atoms with Gasteiger partial charge in [0.25, 0.3) is 0 Å². The van der Waals surface area contributed by atoms with Crippen molar-refractivity contribution < 1.29 is 9.21 Å². The summed E-state index contributed by atoms with van der Waals surface area (Å²) in [6.45, 7) is 0. The van der Waals surface area contributed by atoms with E-state index in [2.05, 4.69) is 9.97 Å². The lowest BCUT2D eigenvalue weighted by Crippen LogP contribution is -1.89. The van der Waals surface area contributed by atoms with Crippen LogP contribution >= 0.6 is 0 Å². The summed E-state index contributed by atoms with van der Waals surface area (Å²) in [5.41, 5.74) is 2.41. The van der Waals surface area contributed by atoms with Crippen LogP contribution in [0.2, 0.25) is 0 Å². The van der Waals surface area contributed by atoms with Gasteiger partial charge < -0.3 is 4.42 Å². The zero-order chi connectivity index (χ0) is 11.7. The molecule has 2 aromatic heterocycles. The Morgan fingerprint density at radius 2 is 1.88 bits per heavy atom. The van der Waals surface area contributed by atoms with Crippen LogP contribution in [0.25, 0.3) is 22.7 Å². The summed E-state index contributed by atoms with van der Waals surface area (Å²) >= 11 is 0. The predicted molar refractivity (Wildman–Crippen MR) is 62.6 cm³/mol. The summed E-state index contributed by atoms with van der Waals surface area (Å²) in [5.74, 6) is 0.426. The zero-order valence-electron chi connectivity index (χ0n) is 8.83. The molecule has 17 heavy (non-hydrogen) atoms. The fourth-order valence-electron chi connectivity index (χ4n) is 1.62. The van der Waals surface area contributed by atoms with Crippen molar-refractivity contribution in [3.8, 4) is 11.6 Å². The number of aldehydes is 1. The van der Waals surface area contributed by atoms with Crippen LogP contribution in [0.5, 0.6) is 0 Å². The van der Waals surface area contributed by atoms with Crippen molar-refractivity contribution in [1.29, 1.82) is 0 Å². The van der Waals surface area contributed by atoms with E-state index >= 15 is 0 Å². The lowest BCUT2D eigenvalue weighted by atomic mass is 10.3. The summed E-state index contributed by atoms with van der Waals surface area (Å²) in [7, 11) is 0. The van der Waals surface area contributed by atoms with Crippen LogP contribution in [-0.4, -0.2) is 16.3 Å². The summed E-state index contributed by atoms with van der Waals surface area (Å²) in [6.07, 6.45) is 0.701. The molecule has 4 nitrogen and oxygen atoms in total. The topological polar surface area (TPSA) is 56.0 Å². The minimum atomic E-state index is 0.366. The van der Waals surface area contributed by atoms with Crippen molar-refractivity contribution in [2.24, 2.45) is 0 Å². The second-order valence-corrected chi connectivity index (χ2v) is 3.55. The molecular weight excluding hydrogens is 216 g/mol. The predicted octanol–water partition coefficient (Wildman–Crippen LogP) is 2.70. The normalized spacial score (nSPS) is 10.6. The maximum Gasteiger partial charge on any atom is 0.246 e. The Bertz CT molecular complexity index is 655. The highest BCUT2D eigenvalue weighted by Gasteiger charge is 2.08. The minimum absolute atomic E-state index is 0.366. The standard InChI is InChI=1S/C13H8N2O2/c16-8-9-4-3-6-11(14-9)13-15-10-5-1-2-7-12(10)17-13/h1-8H. The molecule has 3 aromatic rings. The van der Waals surface area contributed by atoms with Gasteiger partial charge in [0.15, 0.2) is 11.9 Å². The molecule has 3 rings (SSSR count). The summed E-state index contributed by atoms with van der Waals surface area (Å²) in [4.78, 5) is 19.1. The number of hydrogen-bond acceptors (Lipinski definition) is 4. The van der Waals surface area contributed by atoms with Crippen molar-refractivity contribution in [2.45, 2.75) is 0 Å². The van der Waals surface area contributed by atoms with E-state index < -0.39 is 0 Å². The van der Waals surface area contributed by atoms with Gasteiger partial charge >= 0.3 is 0 Å². The number of nitrogens with zero attached hydrogens (tertiary/aromatic N) is 2. The molecule has 0 saturated carbocycles. The van der Waals surface area contributed by atoms with Crippen molar-refractivity contribution in [3.63, 3.8) is 0 Å². The van der Waals surface area contributed by atoms with Gasteiger partial charge in [-0.25, -0.2) is 9.97 Å². The highest BCUT2D eigenvalue weighted by atomic mass is 16.3. The van der Waals surface area contributed by atoms with Crippen LogP contribution < -0.4 is 0 Å². The maximum absolute atomic E-state index is 10.6. The number of pyridine rings is 1. The second kappa shape index (κ2) is 3.83. The highest BCUT2D eigenvalue weighted by molar-refractivity contribution is 5.76. The fraction of sp³-hybridized carbons (Fsp3) is 0. The van der Waals surface area contributed by atoms with E-state index in [0.717, 1.165) is 5.52 Å². The molecule has 1 aromatic carbocycles. The van der Waals surface area contributed by atoms with E-state index in [1.807, 2.05) is 24.3 Å². The summed E-state index contributed by atoms with van der Waals surface area (Å²) in [6, 6.07) is 12.6. The van der Waals surface area contributed by atoms with E-state index in [4.69, 9.17) is 4.42 Å². The fourth-order valence-corrected chi connectivity index (χ4v) is 1.62. The molecule has 0 fully saturated rings. The second-order valence-electron chi connectivity index (χ2n) is 3.55. The first-order valence-corrected chi connectivity index (χ1v) is 5.15. The monoisotopic (exact) mass is 224 g/mol. The van der Waals surface area contributed by atoms with Gasteiger partial charge in [0.2, 0.25) is 5.89 Å². The number of fused-ring (bicyclic) bond motifs is 1. The molecule has 0 saturated heterocycles. The van der Waals surface area contributed by atoms with Gasteiger partial charge in [-0.05, 0) is 24.3 Å². The Morgan fingerprint density at radius 1 is 1.00 bits per heavy atom. The third-order valence-electron chi connectivity index (χ3n) is 2.40. The summed E-state index contributed by atoms with van der Waals surface area (Å²) in [5, 5.41) is 0. The number of carbonyl (C=O) groups is 1. The average Bonchev–Trinajstić information content (AvgIpc) is 2.82. The number of carbonyl (C=O) groups excluding carboxylic acids is 1. The van der Waals surface area contributed by atoms with E-state index in [1.165, 1.54) is 0 Å². The van der Waals surface area contributed by atoms with Gasteiger partial charge in [0.05, 0.1) is 0 Å². The molecule has 82 valence electrons. The van der Waals surface area contributed by atoms with Gasteiger partial charge in [-0.15, -0.1) is 0 Å². The van der Waals surface area contributed by atoms with E-state index in [0.29, 0.717) is 29.1 Å². The van der Waals surface area contributed by atoms with Gasteiger partial charge in [0, 0.05) is 0 Å². The van der Waals surface area contributed by atoms with Crippen LogP contribution in [-0.2, 0) is 0 Å². The molecule has 4 heteroatoms. The molecular formula is C13H8N2O2. The highest BCUT2D eigenvalue weighted by Crippen LogP contribution is 2.22. The van der Waals surface area contributed by atoms with E-state index in [-0.39, 0.29) is 0 Å². The number of oxazole rings is 1. The zero-order valence-corrected chi connectivity index (χ0v) is 8.83. The Labute approximate surface area is 96.9 Å². The molecule has 0 bridgehead atoms. The Kier molecular flexibility index (Phi) is 2.19. The lowest BCUT2D eigenvalue weighted by molar-refractivity contribution is 0.111. The third kappa shape index (κ3) is 1.69. The van der Waals surface area contributed by atoms with Crippen molar-refractivity contribution >= 4 is 17.4 Å². The van der Waals surface area contributed by atoms with E-state index in [9.17, 15) is 4.79 Å². The first-order chi connectivity index (χ1) is 8.36. The molecule has 0 amide bonds. The molecule has 0 N–H and O–H groups in total. The number of para-hydroxylation sites is 2. The van der Waals surface area contributed by atoms with Crippen LogP contribution in [0.15, 0.2) is 46.9 Å². The van der Waals surface area contributed by atoms with Gasteiger partial charge in [-0.3, -0.25) is 4.79 Å². The van der Waals surface area contributed by atoms with E-state index in [1.54, 1.807) is 18.2 Å². The van der Waals surface area contributed by atoms with Gasteiger partial charge in [-0.1, -0.05) is 18.2 Å². The lowest BCUT2D eigenvalue weighted by Gasteiger charge is -1.94. The molecule has 0 atom stereocenters. The molecule has 0 radical (unpaired) electrons. The Morgan fingerprint density at radius 3 is 2.71 bits per heavy atom. The van der Waals surface area contributed by atoms with Crippen LogP contribution in [0.1, 0.15) is 10.5 Å². The number of hydrogen-bond donors (Lipinski definition) is 0. The minimum Gasteiger partial charge on any atom is -0.435 e. The van der Waals surface area contributed by atoms with Crippen molar-refractivity contribution in [1.82, 2.24) is 9.97 Å². The summed E-state index contributed by atoms with van der Waals surface area (Å²) < 4.78 is 5.56. The van der Waals surface area contributed by atoms with Crippen LogP contribution in [0.3, 0.4) is 0 Å². The quantitative estimate of drug-likeness (QED) is 0.628. The molecule has 0 unspecified atom stereocenters. The van der Waals surface area contributed by atoms with Gasteiger partial charge in [0.1, 0.15) is 16.9 Å². The molecule has 2 heterocycles. The molecule has 0 aliphatic rings. The van der Waals surface area contributed by atoms with Crippen molar-refractivity contribution in [3.05, 3.63) is 48.2 Å². The van der Waals surface area contributed by atoms with Gasteiger partial charge in [-0.2, -0.15) is 0 Å². The smallest absolute Gasteiger partial charge is 0.246 e.